The Labute approximate surface area is 171 Å². The van der Waals surface area contributed by atoms with Gasteiger partial charge in [-0.1, -0.05) is 37.6 Å². The molecule has 0 bridgehead atoms. The van der Waals surface area contributed by atoms with E-state index in [9.17, 15) is 10.0 Å². The predicted molar refractivity (Wildman–Crippen MR) is 114 cm³/mol. The predicted octanol–water partition coefficient (Wildman–Crippen LogP) is 5.41. The van der Waals surface area contributed by atoms with Crippen LogP contribution in [0.15, 0.2) is 56.3 Å². The molecular weight excluding hydrogens is 366 g/mol. The Bertz CT molecular complexity index is 1050. The standard InChI is InChI=1S/C24H29NO4/c1-15-5-9-20-23(2,3)21(25-27)11-12-24(20,4)18(15)14-28-17-8-6-16-7-10-22(26)29-19(16)13-17/h5-8,10,13,18,20,27H,9,11-12,14H2,1-4H3/t18-,20-,24+/m0/s1. The molecule has 1 heterocycles. The molecule has 0 saturated heterocycles. The molecule has 0 aliphatic heterocycles. The highest BCUT2D eigenvalue weighted by atomic mass is 16.5. The van der Waals surface area contributed by atoms with Crippen molar-refractivity contribution in [2.24, 2.45) is 27.8 Å². The molecular formula is C24H29NO4. The lowest BCUT2D eigenvalue weighted by Gasteiger charge is -2.56. The van der Waals surface area contributed by atoms with Gasteiger partial charge in [-0.15, -0.1) is 0 Å². The number of rotatable bonds is 3. The Morgan fingerprint density at radius 2 is 2.00 bits per heavy atom. The van der Waals surface area contributed by atoms with Crippen molar-refractivity contribution in [1.29, 1.82) is 0 Å². The van der Waals surface area contributed by atoms with Crippen LogP contribution in [0.2, 0.25) is 0 Å². The highest BCUT2D eigenvalue weighted by Crippen LogP contribution is 2.58. The highest BCUT2D eigenvalue weighted by molar-refractivity contribution is 5.90. The number of nitrogens with zero attached hydrogens (tertiary/aromatic N) is 1. The Balaban J connectivity index is 1.60. The van der Waals surface area contributed by atoms with E-state index in [4.69, 9.17) is 9.15 Å². The summed E-state index contributed by atoms with van der Waals surface area (Å²) in [4.78, 5) is 11.5. The van der Waals surface area contributed by atoms with Crippen LogP contribution in [0.25, 0.3) is 11.0 Å². The van der Waals surface area contributed by atoms with Crippen molar-refractivity contribution in [1.82, 2.24) is 0 Å². The third kappa shape index (κ3) is 3.26. The van der Waals surface area contributed by atoms with Crippen molar-refractivity contribution >= 4 is 16.7 Å². The number of benzene rings is 1. The van der Waals surface area contributed by atoms with E-state index in [0.29, 0.717) is 23.9 Å². The number of hydrogen-bond donors (Lipinski definition) is 1. The summed E-state index contributed by atoms with van der Waals surface area (Å²) in [7, 11) is 0. The highest BCUT2D eigenvalue weighted by Gasteiger charge is 2.54. The molecule has 2 aliphatic rings. The minimum atomic E-state index is -0.359. The summed E-state index contributed by atoms with van der Waals surface area (Å²) >= 11 is 0. The van der Waals surface area contributed by atoms with Crippen LogP contribution in [0.3, 0.4) is 0 Å². The molecule has 2 aromatic rings. The monoisotopic (exact) mass is 395 g/mol. The Hall–Kier alpha value is -2.56. The minimum Gasteiger partial charge on any atom is -0.493 e. The molecule has 154 valence electrons. The molecule has 5 nitrogen and oxygen atoms in total. The van der Waals surface area contributed by atoms with Gasteiger partial charge in [0.15, 0.2) is 0 Å². The molecule has 3 atom stereocenters. The maximum Gasteiger partial charge on any atom is 0.336 e. The van der Waals surface area contributed by atoms with Gasteiger partial charge in [0.25, 0.3) is 0 Å². The molecule has 0 radical (unpaired) electrons. The number of ether oxygens (including phenoxy) is 1. The van der Waals surface area contributed by atoms with Gasteiger partial charge >= 0.3 is 5.63 Å². The van der Waals surface area contributed by atoms with E-state index in [0.717, 1.165) is 30.4 Å². The van der Waals surface area contributed by atoms with E-state index in [1.807, 2.05) is 12.1 Å². The lowest BCUT2D eigenvalue weighted by Crippen LogP contribution is -2.53. The Kier molecular flexibility index (Phi) is 4.80. The van der Waals surface area contributed by atoms with Crippen LogP contribution in [-0.2, 0) is 0 Å². The van der Waals surface area contributed by atoms with Gasteiger partial charge in [-0.2, -0.15) is 0 Å². The summed E-state index contributed by atoms with van der Waals surface area (Å²) in [6.07, 6.45) is 5.10. The number of fused-ring (bicyclic) bond motifs is 2. The second kappa shape index (κ2) is 7.05. The summed E-state index contributed by atoms with van der Waals surface area (Å²) < 4.78 is 11.5. The lowest BCUT2D eigenvalue weighted by molar-refractivity contribution is -0.000645. The summed E-state index contributed by atoms with van der Waals surface area (Å²) in [5.41, 5.74) is 2.36. The zero-order valence-corrected chi connectivity index (χ0v) is 17.6. The summed E-state index contributed by atoms with van der Waals surface area (Å²) in [5, 5.41) is 14.0. The Morgan fingerprint density at radius 3 is 2.76 bits per heavy atom. The van der Waals surface area contributed by atoms with Crippen molar-refractivity contribution in [3.05, 3.63) is 52.4 Å². The molecule has 1 N–H and O–H groups in total. The Morgan fingerprint density at radius 1 is 1.24 bits per heavy atom. The third-order valence-corrected chi connectivity index (χ3v) is 7.46. The fraction of sp³-hybridized carbons (Fsp3) is 0.500. The first-order valence-electron chi connectivity index (χ1n) is 10.3. The maximum absolute atomic E-state index is 11.5. The molecule has 4 rings (SSSR count). The van der Waals surface area contributed by atoms with Gasteiger partial charge in [0, 0.05) is 28.9 Å². The van der Waals surface area contributed by atoms with Crippen LogP contribution in [-0.4, -0.2) is 17.5 Å². The second-order valence-electron chi connectivity index (χ2n) is 9.33. The molecule has 0 spiro atoms. The first-order chi connectivity index (χ1) is 13.8. The molecule has 1 saturated carbocycles. The van der Waals surface area contributed by atoms with E-state index in [1.165, 1.54) is 11.6 Å². The van der Waals surface area contributed by atoms with Crippen LogP contribution >= 0.6 is 0 Å². The van der Waals surface area contributed by atoms with E-state index < -0.39 is 0 Å². The van der Waals surface area contributed by atoms with Crippen molar-refractivity contribution in [3.63, 3.8) is 0 Å². The van der Waals surface area contributed by atoms with E-state index in [-0.39, 0.29) is 22.4 Å². The van der Waals surface area contributed by atoms with Gasteiger partial charge in [-0.25, -0.2) is 4.79 Å². The molecule has 29 heavy (non-hydrogen) atoms. The van der Waals surface area contributed by atoms with Gasteiger partial charge in [0.1, 0.15) is 11.3 Å². The quantitative estimate of drug-likeness (QED) is 0.326. The normalized spacial score (nSPS) is 30.1. The lowest BCUT2D eigenvalue weighted by atomic mass is 9.48. The minimum absolute atomic E-state index is 0.0694. The molecule has 0 amide bonds. The van der Waals surface area contributed by atoms with Crippen LogP contribution in [0.1, 0.15) is 47.0 Å². The van der Waals surface area contributed by atoms with Gasteiger partial charge in [-0.3, -0.25) is 0 Å². The van der Waals surface area contributed by atoms with Gasteiger partial charge in [-0.05, 0) is 55.7 Å². The summed E-state index contributed by atoms with van der Waals surface area (Å²) in [6, 6.07) is 8.81. The smallest absolute Gasteiger partial charge is 0.336 e. The average Bonchev–Trinajstić information content (AvgIpc) is 2.66. The van der Waals surface area contributed by atoms with Crippen molar-refractivity contribution in [2.45, 2.75) is 47.0 Å². The van der Waals surface area contributed by atoms with Crippen molar-refractivity contribution in [3.8, 4) is 5.75 Å². The molecule has 1 aromatic carbocycles. The van der Waals surface area contributed by atoms with E-state index in [2.05, 4.69) is 38.9 Å². The van der Waals surface area contributed by atoms with Crippen LogP contribution in [0, 0.1) is 22.7 Å². The summed E-state index contributed by atoms with van der Waals surface area (Å²) in [6.45, 7) is 9.51. The zero-order valence-electron chi connectivity index (χ0n) is 17.6. The fourth-order valence-electron chi connectivity index (χ4n) is 5.67. The van der Waals surface area contributed by atoms with Crippen LogP contribution in [0.5, 0.6) is 5.75 Å². The average molecular weight is 395 g/mol. The molecule has 1 fully saturated rings. The fourth-order valence-corrected chi connectivity index (χ4v) is 5.67. The first-order valence-corrected chi connectivity index (χ1v) is 10.3. The second-order valence-corrected chi connectivity index (χ2v) is 9.33. The molecule has 5 heteroatoms. The molecule has 0 unspecified atom stereocenters. The van der Waals surface area contributed by atoms with E-state index >= 15 is 0 Å². The van der Waals surface area contributed by atoms with E-state index in [1.54, 1.807) is 12.1 Å². The summed E-state index contributed by atoms with van der Waals surface area (Å²) in [5.74, 6) is 1.37. The first kappa shape index (κ1) is 19.7. The van der Waals surface area contributed by atoms with Crippen LogP contribution < -0.4 is 10.4 Å². The zero-order chi connectivity index (χ0) is 20.8. The SMILES string of the molecule is CC1=CC[C@H]2C(C)(C)C(=NO)CC[C@]2(C)[C@H]1COc1ccc2ccc(=O)oc2c1. The maximum atomic E-state index is 11.5. The molecule has 1 aromatic heterocycles. The third-order valence-electron chi connectivity index (χ3n) is 7.46. The topological polar surface area (TPSA) is 72.0 Å². The largest absolute Gasteiger partial charge is 0.493 e. The number of allylic oxidation sites excluding steroid dienone is 1. The van der Waals surface area contributed by atoms with Crippen LogP contribution in [0.4, 0.5) is 0 Å². The molecule has 2 aliphatic carbocycles. The van der Waals surface area contributed by atoms with Crippen molar-refractivity contribution in [2.75, 3.05) is 6.61 Å². The van der Waals surface area contributed by atoms with Gasteiger partial charge in [0.2, 0.25) is 0 Å². The van der Waals surface area contributed by atoms with Gasteiger partial charge < -0.3 is 14.4 Å². The number of oxime groups is 1. The van der Waals surface area contributed by atoms with Crippen molar-refractivity contribution < 1.29 is 14.4 Å². The number of hydrogen-bond acceptors (Lipinski definition) is 5. The van der Waals surface area contributed by atoms with Gasteiger partial charge in [0.05, 0.1) is 12.3 Å².